The molecule has 0 aliphatic carbocycles. The van der Waals surface area contributed by atoms with Crippen molar-refractivity contribution >= 4 is 34.6 Å². The van der Waals surface area contributed by atoms with Crippen molar-refractivity contribution in [3.63, 3.8) is 0 Å². The molecule has 39 heavy (non-hydrogen) atoms. The van der Waals surface area contributed by atoms with Crippen LogP contribution in [0.25, 0.3) is 0 Å². The lowest BCUT2D eigenvalue weighted by Gasteiger charge is -2.36. The molecule has 0 spiro atoms. The van der Waals surface area contributed by atoms with Crippen molar-refractivity contribution in [3.05, 3.63) is 63.2 Å². The molecule has 0 saturated carbocycles. The number of nitro benzene ring substituents is 1. The van der Waals surface area contributed by atoms with Crippen LogP contribution in [0, 0.1) is 10.1 Å². The third-order valence-corrected chi connectivity index (χ3v) is 7.34. The molecule has 0 N–H and O–H groups in total. The lowest BCUT2D eigenvalue weighted by atomic mass is 10.1. The van der Waals surface area contributed by atoms with E-state index in [4.69, 9.17) is 11.6 Å². The maximum absolute atomic E-state index is 13.4. The summed E-state index contributed by atoms with van der Waals surface area (Å²) < 4.78 is 40.1. The molecule has 8 nitrogen and oxygen atoms in total. The van der Waals surface area contributed by atoms with Gasteiger partial charge in [-0.3, -0.25) is 19.8 Å². The molecule has 2 aliphatic heterocycles. The first-order chi connectivity index (χ1) is 18.1. The fourth-order valence-electron chi connectivity index (χ4n) is 5.05. The molecule has 2 aromatic rings. The van der Waals surface area contributed by atoms with Gasteiger partial charge in [0.25, 0.3) is 5.69 Å². The third-order valence-electron chi connectivity index (χ3n) is 7.11. The number of nitro groups is 1. The number of anilines is 2. The maximum Gasteiger partial charge on any atom is 0.423 e. The minimum atomic E-state index is -4.83. The first-order valence-electron chi connectivity index (χ1n) is 12.7. The normalized spacial score (nSPS) is 17.0. The summed E-state index contributed by atoms with van der Waals surface area (Å²) in [6.45, 7) is 6.22. The van der Waals surface area contributed by atoms with Crippen LogP contribution in [0.2, 0.25) is 5.02 Å². The molecular formula is C27H35ClF3N5O3. The summed E-state index contributed by atoms with van der Waals surface area (Å²) in [7, 11) is 0. The van der Waals surface area contributed by atoms with Crippen LogP contribution in [0.3, 0.4) is 0 Å². The lowest BCUT2D eigenvalue weighted by Crippen LogP contribution is -2.46. The van der Waals surface area contributed by atoms with Crippen molar-refractivity contribution in [2.75, 3.05) is 68.7 Å². The van der Waals surface area contributed by atoms with E-state index < -0.39 is 22.4 Å². The van der Waals surface area contributed by atoms with E-state index in [0.717, 1.165) is 62.0 Å². The molecule has 2 saturated heterocycles. The van der Waals surface area contributed by atoms with E-state index in [2.05, 4.69) is 15.9 Å². The zero-order chi connectivity index (χ0) is 27.3. The first kappa shape index (κ1) is 30.5. The second-order valence-corrected chi connectivity index (χ2v) is 10.0. The van der Waals surface area contributed by atoms with E-state index in [-0.39, 0.29) is 19.0 Å². The van der Waals surface area contributed by atoms with Crippen molar-refractivity contribution in [1.29, 1.82) is 0 Å². The Morgan fingerprint density at radius 3 is 2.26 bits per heavy atom. The molecule has 2 heterocycles. The summed E-state index contributed by atoms with van der Waals surface area (Å²) in [5.41, 5.74) is -0.829. The van der Waals surface area contributed by atoms with Gasteiger partial charge in [-0.25, -0.2) is 0 Å². The number of hydrogen-bond acceptors (Lipinski definition) is 6. The fourth-order valence-corrected chi connectivity index (χ4v) is 5.23. The largest absolute Gasteiger partial charge is 0.423 e. The number of carbonyl (C=O) groups excluding carboxylic acids is 1. The number of amides is 1. The van der Waals surface area contributed by atoms with Gasteiger partial charge in [-0.1, -0.05) is 25.1 Å². The smallest absolute Gasteiger partial charge is 0.370 e. The SMILES string of the molecule is C.O=C(CCCN1CCN(c2cccc(Cl)c2)CC1)N1CCCN(c2ccc([N+](=O)[O-])c(C(F)(F)F)c2)CC1. The molecule has 0 bridgehead atoms. The zero-order valence-electron chi connectivity index (χ0n) is 21.0. The number of alkyl halides is 3. The number of rotatable bonds is 7. The molecule has 2 aliphatic rings. The van der Waals surface area contributed by atoms with Crippen LogP contribution in [0.4, 0.5) is 30.2 Å². The van der Waals surface area contributed by atoms with Gasteiger partial charge in [-0.15, -0.1) is 0 Å². The standard InChI is InChI=1S/C26H31ClF3N5O3.CH4/c27-20-4-1-5-21(18-20)33-14-12-31(13-15-33)9-2-6-25(36)34-11-3-10-32(16-17-34)22-7-8-24(35(37)38)23(19-22)26(28,29)30;/h1,4-5,7-8,18-19H,2-3,6,9-17H2;1H4. The summed E-state index contributed by atoms with van der Waals surface area (Å²) in [5.74, 6) is 0.0455. The minimum absolute atomic E-state index is 0. The average Bonchev–Trinajstić information content (AvgIpc) is 3.15. The predicted octanol–water partition coefficient (Wildman–Crippen LogP) is 5.54. The van der Waals surface area contributed by atoms with Gasteiger partial charge < -0.3 is 14.7 Å². The Hall–Kier alpha value is -3.05. The van der Waals surface area contributed by atoms with E-state index in [1.54, 1.807) is 9.80 Å². The summed E-state index contributed by atoms with van der Waals surface area (Å²) in [5, 5.41) is 11.8. The van der Waals surface area contributed by atoms with E-state index in [9.17, 15) is 28.1 Å². The van der Waals surface area contributed by atoms with Crippen molar-refractivity contribution in [1.82, 2.24) is 9.80 Å². The Labute approximate surface area is 232 Å². The molecule has 1 amide bonds. The van der Waals surface area contributed by atoms with E-state index in [1.807, 2.05) is 18.2 Å². The molecule has 0 aromatic heterocycles. The highest BCUT2D eigenvalue weighted by Gasteiger charge is 2.39. The molecule has 12 heteroatoms. The highest BCUT2D eigenvalue weighted by molar-refractivity contribution is 6.30. The minimum Gasteiger partial charge on any atom is -0.370 e. The Morgan fingerprint density at radius 1 is 0.923 bits per heavy atom. The Bertz CT molecular complexity index is 1140. The first-order valence-corrected chi connectivity index (χ1v) is 13.1. The fraction of sp³-hybridized carbons (Fsp3) is 0.519. The monoisotopic (exact) mass is 569 g/mol. The van der Waals surface area contributed by atoms with E-state index in [1.165, 1.54) is 6.07 Å². The zero-order valence-corrected chi connectivity index (χ0v) is 21.8. The second kappa shape index (κ2) is 13.3. The van der Waals surface area contributed by atoms with Crippen LogP contribution in [0.5, 0.6) is 0 Å². The summed E-state index contributed by atoms with van der Waals surface area (Å²) in [6.07, 6.45) is -3.05. The highest BCUT2D eigenvalue weighted by atomic mass is 35.5. The van der Waals surface area contributed by atoms with Gasteiger partial charge in [0.05, 0.1) is 4.92 Å². The topological polar surface area (TPSA) is 73.2 Å². The van der Waals surface area contributed by atoms with Gasteiger partial charge in [-0.2, -0.15) is 13.2 Å². The van der Waals surface area contributed by atoms with Crippen LogP contribution >= 0.6 is 11.6 Å². The average molecular weight is 570 g/mol. The van der Waals surface area contributed by atoms with E-state index >= 15 is 0 Å². The number of piperazine rings is 1. The van der Waals surface area contributed by atoms with Crippen LogP contribution in [0.15, 0.2) is 42.5 Å². The van der Waals surface area contributed by atoms with Gasteiger partial charge in [0, 0.05) is 81.2 Å². The maximum atomic E-state index is 13.4. The molecule has 4 rings (SSSR count). The number of halogens is 4. The van der Waals surface area contributed by atoms with Crippen molar-refractivity contribution < 1.29 is 22.9 Å². The van der Waals surface area contributed by atoms with Crippen LogP contribution in [-0.4, -0.2) is 79.5 Å². The van der Waals surface area contributed by atoms with Gasteiger partial charge in [0.15, 0.2) is 0 Å². The van der Waals surface area contributed by atoms with Crippen LogP contribution in [0.1, 0.15) is 32.3 Å². The number of hydrogen-bond donors (Lipinski definition) is 0. The van der Waals surface area contributed by atoms with Crippen LogP contribution < -0.4 is 9.80 Å². The van der Waals surface area contributed by atoms with Crippen molar-refractivity contribution in [2.24, 2.45) is 0 Å². The van der Waals surface area contributed by atoms with Gasteiger partial charge in [0.1, 0.15) is 5.56 Å². The van der Waals surface area contributed by atoms with Gasteiger partial charge >= 0.3 is 6.18 Å². The van der Waals surface area contributed by atoms with Crippen LogP contribution in [-0.2, 0) is 11.0 Å². The van der Waals surface area contributed by atoms with Crippen molar-refractivity contribution in [2.45, 2.75) is 32.9 Å². The number of carbonyl (C=O) groups is 1. The summed E-state index contributed by atoms with van der Waals surface area (Å²) in [4.78, 5) is 31.1. The van der Waals surface area contributed by atoms with E-state index in [0.29, 0.717) is 39.0 Å². The van der Waals surface area contributed by atoms with Gasteiger partial charge in [0.2, 0.25) is 5.91 Å². The molecule has 0 unspecified atom stereocenters. The lowest BCUT2D eigenvalue weighted by molar-refractivity contribution is -0.388. The quantitative estimate of drug-likeness (QED) is 0.322. The highest BCUT2D eigenvalue weighted by Crippen LogP contribution is 2.38. The molecule has 2 aromatic carbocycles. The summed E-state index contributed by atoms with van der Waals surface area (Å²) in [6, 6.07) is 10.9. The molecule has 0 atom stereocenters. The number of benzene rings is 2. The predicted molar refractivity (Wildman–Crippen MR) is 148 cm³/mol. The molecule has 2 fully saturated rings. The second-order valence-electron chi connectivity index (χ2n) is 9.59. The Balaban J connectivity index is 0.00000420. The molecule has 214 valence electrons. The Morgan fingerprint density at radius 2 is 1.59 bits per heavy atom. The Kier molecular flexibility index (Phi) is 10.4. The molecular weight excluding hydrogens is 535 g/mol. The summed E-state index contributed by atoms with van der Waals surface area (Å²) >= 11 is 6.10. The third kappa shape index (κ3) is 7.98. The van der Waals surface area contributed by atoms with Crippen molar-refractivity contribution in [3.8, 4) is 0 Å². The number of nitrogens with zero attached hydrogens (tertiary/aromatic N) is 5. The van der Waals surface area contributed by atoms with Gasteiger partial charge in [-0.05, 0) is 49.7 Å². The molecule has 0 radical (unpaired) electrons.